The first-order chi connectivity index (χ1) is 16.2. The fourth-order valence-corrected chi connectivity index (χ4v) is 4.91. The fraction of sp³-hybridized carbons (Fsp3) is 0.560. The maximum Gasteiger partial charge on any atom is 0.258 e. The van der Waals surface area contributed by atoms with Crippen LogP contribution in [0.5, 0.6) is 0 Å². The van der Waals surface area contributed by atoms with Gasteiger partial charge < -0.3 is 10.6 Å². The average Bonchev–Trinajstić information content (AvgIpc) is 2.74. The van der Waals surface area contributed by atoms with Crippen molar-refractivity contribution in [3.05, 3.63) is 39.8 Å². The number of hydrogen-bond acceptors (Lipinski definition) is 6. The van der Waals surface area contributed by atoms with Crippen molar-refractivity contribution in [1.82, 2.24) is 9.88 Å². The Morgan fingerprint density at radius 1 is 1.20 bits per heavy atom. The van der Waals surface area contributed by atoms with Crippen molar-refractivity contribution in [2.45, 2.75) is 66.3 Å². The number of aliphatic imine (C=N–C) groups is 1. The highest BCUT2D eigenvalue weighted by Crippen LogP contribution is 2.38. The van der Waals surface area contributed by atoms with E-state index in [9.17, 15) is 14.4 Å². The molecule has 35 heavy (non-hydrogen) atoms. The molecule has 0 radical (unpaired) electrons. The van der Waals surface area contributed by atoms with Crippen LogP contribution in [0, 0.1) is 10.8 Å². The third-order valence-corrected chi connectivity index (χ3v) is 7.12. The monoisotopic (exact) mass is 542 g/mol. The lowest BCUT2D eigenvalue weighted by molar-refractivity contribution is -0.128. The Kier molecular flexibility index (Phi) is 9.91. The third kappa shape index (κ3) is 7.76. The van der Waals surface area contributed by atoms with Crippen LogP contribution in [0.25, 0.3) is 0 Å². The molecule has 2 N–H and O–H groups in total. The zero-order chi connectivity index (χ0) is 26.6. The number of halogens is 3. The molecule has 192 valence electrons. The predicted octanol–water partition coefficient (Wildman–Crippen LogP) is 5.46. The minimum atomic E-state index is -0.518. The molecule has 0 atom stereocenters. The molecule has 0 bridgehead atoms. The molecule has 1 fully saturated rings. The second-order valence-electron chi connectivity index (χ2n) is 10.5. The number of Topliss-reactive ketones (excluding diaryl/α,β-unsaturated/α-hetero) is 2. The molecule has 1 amide bonds. The van der Waals surface area contributed by atoms with Gasteiger partial charge in [0, 0.05) is 30.6 Å². The molecule has 0 saturated heterocycles. The van der Waals surface area contributed by atoms with Crippen LogP contribution < -0.4 is 5.73 Å². The lowest BCUT2D eigenvalue weighted by Crippen LogP contribution is -2.43. The van der Waals surface area contributed by atoms with E-state index in [2.05, 4.69) is 9.98 Å². The summed E-state index contributed by atoms with van der Waals surface area (Å²) in [5.41, 5.74) is 5.24. The summed E-state index contributed by atoms with van der Waals surface area (Å²) < 4.78 is 0. The quantitative estimate of drug-likeness (QED) is 0.266. The van der Waals surface area contributed by atoms with Crippen LogP contribution in [0.15, 0.2) is 29.2 Å². The molecule has 1 heterocycles. The zero-order valence-corrected chi connectivity index (χ0v) is 23.1. The Bertz CT molecular complexity index is 1020. The number of nitrogens with two attached hydrogens (primary N) is 1. The van der Waals surface area contributed by atoms with Gasteiger partial charge in [-0.2, -0.15) is 0 Å². The maximum absolute atomic E-state index is 13.5. The summed E-state index contributed by atoms with van der Waals surface area (Å²) in [6.45, 7) is 9.39. The summed E-state index contributed by atoms with van der Waals surface area (Å²) >= 11 is 18.8. The second kappa shape index (κ2) is 11.8. The minimum absolute atomic E-state index is 0.00976. The first-order valence-corrected chi connectivity index (χ1v) is 12.6. The number of carbonyl (C=O) groups excluding carboxylic acids is 3. The van der Waals surface area contributed by atoms with E-state index in [1.807, 2.05) is 27.7 Å². The highest BCUT2D eigenvalue weighted by atomic mass is 35.5. The van der Waals surface area contributed by atoms with Crippen LogP contribution >= 0.6 is 34.8 Å². The SMILES string of the molecule is CC(=O)C1(C)CCC(N=C(Cl)C(=CN)C(=O)N(CC(=O)c2c(Cl)cncc2Cl)CC(C)(C)C)CC1. The first kappa shape index (κ1) is 29.3. The van der Waals surface area contributed by atoms with Crippen LogP contribution in [0.1, 0.15) is 70.7 Å². The van der Waals surface area contributed by atoms with Crippen LogP contribution in [0.3, 0.4) is 0 Å². The van der Waals surface area contributed by atoms with Crippen molar-refractivity contribution in [1.29, 1.82) is 0 Å². The van der Waals surface area contributed by atoms with Crippen LogP contribution in [0.4, 0.5) is 0 Å². The zero-order valence-electron chi connectivity index (χ0n) is 20.8. The van der Waals surface area contributed by atoms with Gasteiger partial charge in [-0.3, -0.25) is 24.4 Å². The number of hydrogen-bond donors (Lipinski definition) is 1. The third-order valence-electron chi connectivity index (χ3n) is 6.24. The molecule has 1 aliphatic rings. The summed E-state index contributed by atoms with van der Waals surface area (Å²) in [7, 11) is 0. The first-order valence-electron chi connectivity index (χ1n) is 11.5. The van der Waals surface area contributed by atoms with Gasteiger partial charge in [-0.15, -0.1) is 0 Å². The van der Waals surface area contributed by atoms with E-state index in [1.54, 1.807) is 6.92 Å². The highest BCUT2D eigenvalue weighted by molar-refractivity contribution is 6.72. The van der Waals surface area contributed by atoms with Crippen molar-refractivity contribution in [2.24, 2.45) is 21.6 Å². The molecule has 1 aliphatic carbocycles. The number of carbonyl (C=O) groups is 3. The van der Waals surface area contributed by atoms with E-state index in [4.69, 9.17) is 40.5 Å². The normalized spacial score (nSPS) is 21.5. The Hall–Kier alpha value is -1.96. The summed E-state index contributed by atoms with van der Waals surface area (Å²) in [6, 6.07) is -0.121. The van der Waals surface area contributed by atoms with Crippen molar-refractivity contribution in [3.8, 4) is 0 Å². The van der Waals surface area contributed by atoms with E-state index in [1.165, 1.54) is 17.3 Å². The number of amides is 1. The van der Waals surface area contributed by atoms with Gasteiger partial charge in [0.2, 0.25) is 0 Å². The number of aromatic nitrogens is 1. The van der Waals surface area contributed by atoms with E-state index in [0.29, 0.717) is 25.7 Å². The summed E-state index contributed by atoms with van der Waals surface area (Å²) in [4.78, 5) is 48.3. The smallest absolute Gasteiger partial charge is 0.258 e. The van der Waals surface area contributed by atoms with Crippen molar-refractivity contribution < 1.29 is 14.4 Å². The Morgan fingerprint density at radius 3 is 2.20 bits per heavy atom. The molecule has 7 nitrogen and oxygen atoms in total. The standard InChI is InChI=1S/C25H33Cl3N4O3/c1-15(33)25(5)8-6-16(7-9-25)31-22(28)17(10-29)23(35)32(14-24(2,3)4)13-20(34)21-18(26)11-30-12-19(21)27/h10-12,16H,6-9,13-14,29H2,1-5H3. The van der Waals surface area contributed by atoms with Crippen LogP contribution in [0.2, 0.25) is 10.0 Å². The molecule has 0 aliphatic heterocycles. The molecule has 2 rings (SSSR count). The molecule has 1 saturated carbocycles. The van der Waals surface area contributed by atoms with Gasteiger partial charge in [0.1, 0.15) is 11.0 Å². The van der Waals surface area contributed by atoms with Crippen molar-refractivity contribution in [2.75, 3.05) is 13.1 Å². The lowest BCUT2D eigenvalue weighted by Gasteiger charge is -2.34. The van der Waals surface area contributed by atoms with Crippen LogP contribution in [-0.2, 0) is 9.59 Å². The number of pyridine rings is 1. The van der Waals surface area contributed by atoms with Gasteiger partial charge in [-0.1, -0.05) is 62.5 Å². The van der Waals surface area contributed by atoms with Gasteiger partial charge in [0.15, 0.2) is 5.78 Å². The Morgan fingerprint density at radius 2 is 1.74 bits per heavy atom. The molecule has 0 unspecified atom stereocenters. The van der Waals surface area contributed by atoms with Gasteiger partial charge in [-0.05, 0) is 38.0 Å². The largest absolute Gasteiger partial charge is 0.404 e. The molecule has 1 aromatic rings. The van der Waals surface area contributed by atoms with Gasteiger partial charge in [0.05, 0.1) is 33.8 Å². The maximum atomic E-state index is 13.5. The summed E-state index contributed by atoms with van der Waals surface area (Å²) in [6.07, 6.45) is 6.54. The molecular formula is C25H33Cl3N4O3. The Labute approximate surface area is 222 Å². The van der Waals surface area contributed by atoms with Crippen molar-refractivity contribution in [3.63, 3.8) is 0 Å². The van der Waals surface area contributed by atoms with Crippen molar-refractivity contribution >= 4 is 57.4 Å². The fourth-order valence-electron chi connectivity index (χ4n) is 4.05. The number of rotatable bonds is 8. The highest BCUT2D eigenvalue weighted by Gasteiger charge is 2.35. The number of nitrogens with zero attached hydrogens (tertiary/aromatic N) is 3. The lowest BCUT2D eigenvalue weighted by atomic mass is 9.72. The molecular weight excluding hydrogens is 511 g/mol. The van der Waals surface area contributed by atoms with E-state index < -0.39 is 11.7 Å². The summed E-state index contributed by atoms with van der Waals surface area (Å²) in [5, 5.41) is 0.199. The molecule has 1 aromatic heterocycles. The minimum Gasteiger partial charge on any atom is -0.404 e. The molecule has 0 spiro atoms. The second-order valence-corrected chi connectivity index (χ2v) is 11.6. The van der Waals surface area contributed by atoms with E-state index in [0.717, 1.165) is 6.20 Å². The summed E-state index contributed by atoms with van der Waals surface area (Å²) in [5.74, 6) is -0.781. The van der Waals surface area contributed by atoms with Gasteiger partial charge >= 0.3 is 0 Å². The Balaban J connectivity index is 2.26. The van der Waals surface area contributed by atoms with E-state index >= 15 is 0 Å². The topological polar surface area (TPSA) is 106 Å². The average molecular weight is 544 g/mol. The molecule has 0 aromatic carbocycles. The van der Waals surface area contributed by atoms with Crippen LogP contribution in [-0.4, -0.2) is 51.7 Å². The van der Waals surface area contributed by atoms with Gasteiger partial charge in [0.25, 0.3) is 5.91 Å². The van der Waals surface area contributed by atoms with Gasteiger partial charge in [-0.25, -0.2) is 0 Å². The van der Waals surface area contributed by atoms with E-state index in [-0.39, 0.29) is 62.1 Å². The predicted molar refractivity (Wildman–Crippen MR) is 141 cm³/mol. The number of ketones is 2. The molecule has 10 heteroatoms.